The van der Waals surface area contributed by atoms with Crippen LogP contribution in [0.2, 0.25) is 0 Å². The molecule has 1 heterocycles. The van der Waals surface area contributed by atoms with Crippen LogP contribution in [0.5, 0.6) is 0 Å². The SMILES string of the molecule is CCC1(c2ccccc2)NC(=O)N(CC(=O)Nc2ccc(-c3ccccc3)cc2)C1=O. The number of hydrogen-bond donors (Lipinski definition) is 2. The summed E-state index contributed by atoms with van der Waals surface area (Å²) in [5.74, 6) is -0.850. The van der Waals surface area contributed by atoms with Crippen molar-refractivity contribution >= 4 is 23.5 Å². The number of benzene rings is 3. The molecule has 156 valence electrons. The summed E-state index contributed by atoms with van der Waals surface area (Å²) < 4.78 is 0. The average Bonchev–Trinajstić information content (AvgIpc) is 3.06. The summed E-state index contributed by atoms with van der Waals surface area (Å²) >= 11 is 0. The van der Waals surface area contributed by atoms with Gasteiger partial charge in [-0.2, -0.15) is 0 Å². The van der Waals surface area contributed by atoms with Gasteiger partial charge in [0.2, 0.25) is 5.91 Å². The Balaban J connectivity index is 1.45. The van der Waals surface area contributed by atoms with Crippen molar-refractivity contribution in [1.29, 1.82) is 0 Å². The van der Waals surface area contributed by atoms with Crippen molar-refractivity contribution < 1.29 is 14.4 Å². The van der Waals surface area contributed by atoms with E-state index in [0.29, 0.717) is 17.7 Å². The van der Waals surface area contributed by atoms with Crippen molar-refractivity contribution in [2.24, 2.45) is 0 Å². The molecule has 1 aliphatic heterocycles. The van der Waals surface area contributed by atoms with E-state index in [2.05, 4.69) is 10.6 Å². The van der Waals surface area contributed by atoms with E-state index in [-0.39, 0.29) is 6.54 Å². The van der Waals surface area contributed by atoms with Gasteiger partial charge in [-0.15, -0.1) is 0 Å². The second kappa shape index (κ2) is 8.44. The van der Waals surface area contributed by atoms with Gasteiger partial charge in [0, 0.05) is 5.69 Å². The summed E-state index contributed by atoms with van der Waals surface area (Å²) in [7, 11) is 0. The number of carbonyl (C=O) groups excluding carboxylic acids is 3. The van der Waals surface area contributed by atoms with Crippen LogP contribution in [0.4, 0.5) is 10.5 Å². The fraction of sp³-hybridized carbons (Fsp3) is 0.160. The molecule has 3 aromatic rings. The van der Waals surface area contributed by atoms with Crippen molar-refractivity contribution in [1.82, 2.24) is 10.2 Å². The quantitative estimate of drug-likeness (QED) is 0.596. The number of hydrogen-bond acceptors (Lipinski definition) is 3. The highest BCUT2D eigenvalue weighted by Crippen LogP contribution is 2.32. The first-order valence-electron chi connectivity index (χ1n) is 10.2. The van der Waals surface area contributed by atoms with E-state index < -0.39 is 23.4 Å². The lowest BCUT2D eigenvalue weighted by Gasteiger charge is -2.25. The van der Waals surface area contributed by atoms with Crippen molar-refractivity contribution in [3.05, 3.63) is 90.5 Å². The van der Waals surface area contributed by atoms with Gasteiger partial charge in [-0.25, -0.2) is 4.79 Å². The first-order valence-corrected chi connectivity index (χ1v) is 10.2. The van der Waals surface area contributed by atoms with Crippen LogP contribution < -0.4 is 10.6 Å². The van der Waals surface area contributed by atoms with Gasteiger partial charge in [0.25, 0.3) is 5.91 Å². The normalized spacial score (nSPS) is 18.0. The summed E-state index contributed by atoms with van der Waals surface area (Å²) in [5.41, 5.74) is 2.27. The number of carbonyl (C=O) groups is 3. The summed E-state index contributed by atoms with van der Waals surface area (Å²) in [6, 6.07) is 25.9. The Bertz CT molecular complexity index is 1100. The summed E-state index contributed by atoms with van der Waals surface area (Å²) in [5, 5.41) is 5.55. The first-order chi connectivity index (χ1) is 15.0. The Morgan fingerprint density at radius 2 is 1.45 bits per heavy atom. The number of amides is 4. The average molecular weight is 413 g/mol. The van der Waals surface area contributed by atoms with Crippen LogP contribution in [0.25, 0.3) is 11.1 Å². The highest BCUT2D eigenvalue weighted by Gasteiger charge is 2.51. The minimum Gasteiger partial charge on any atom is -0.325 e. The third-order valence-corrected chi connectivity index (χ3v) is 5.55. The third-order valence-electron chi connectivity index (χ3n) is 5.55. The van der Waals surface area contributed by atoms with Gasteiger partial charge in [-0.1, -0.05) is 79.7 Å². The Hall–Kier alpha value is -3.93. The lowest BCUT2D eigenvalue weighted by atomic mass is 9.87. The van der Waals surface area contributed by atoms with Gasteiger partial charge in [0.15, 0.2) is 0 Å². The molecule has 6 heteroatoms. The van der Waals surface area contributed by atoms with Crippen LogP contribution in [0.1, 0.15) is 18.9 Å². The van der Waals surface area contributed by atoms with E-state index >= 15 is 0 Å². The Kier molecular flexibility index (Phi) is 5.54. The third kappa shape index (κ3) is 3.92. The van der Waals surface area contributed by atoms with E-state index in [1.807, 2.05) is 67.6 Å². The number of rotatable bonds is 6. The number of anilines is 1. The fourth-order valence-electron chi connectivity index (χ4n) is 3.85. The van der Waals surface area contributed by atoms with E-state index in [1.54, 1.807) is 24.3 Å². The molecule has 1 saturated heterocycles. The highest BCUT2D eigenvalue weighted by atomic mass is 16.2. The van der Waals surface area contributed by atoms with Crippen LogP contribution in [0.3, 0.4) is 0 Å². The smallest absolute Gasteiger partial charge is 0.325 e. The van der Waals surface area contributed by atoms with Crippen molar-refractivity contribution in [2.75, 3.05) is 11.9 Å². The van der Waals surface area contributed by atoms with Gasteiger partial charge >= 0.3 is 6.03 Å². The van der Waals surface area contributed by atoms with Crippen LogP contribution >= 0.6 is 0 Å². The molecule has 2 N–H and O–H groups in total. The monoisotopic (exact) mass is 413 g/mol. The molecule has 4 rings (SSSR count). The van der Waals surface area contributed by atoms with Gasteiger partial charge in [-0.05, 0) is 35.2 Å². The number of nitrogens with zero attached hydrogens (tertiary/aromatic N) is 1. The molecule has 6 nitrogen and oxygen atoms in total. The van der Waals surface area contributed by atoms with Gasteiger partial charge in [-0.3, -0.25) is 14.5 Å². The summed E-state index contributed by atoms with van der Waals surface area (Å²) in [6.45, 7) is 1.49. The molecule has 4 amide bonds. The molecule has 0 spiro atoms. The maximum absolute atomic E-state index is 13.1. The minimum absolute atomic E-state index is 0.348. The number of urea groups is 1. The zero-order valence-corrected chi connectivity index (χ0v) is 17.2. The summed E-state index contributed by atoms with van der Waals surface area (Å²) in [6.07, 6.45) is 0.390. The predicted molar refractivity (Wildman–Crippen MR) is 119 cm³/mol. The molecule has 0 aromatic heterocycles. The number of nitrogens with one attached hydrogen (secondary N) is 2. The molecular weight excluding hydrogens is 390 g/mol. The number of imide groups is 1. The molecule has 3 aromatic carbocycles. The standard InChI is InChI=1S/C25H23N3O3/c1-2-25(20-11-7-4-8-12-20)23(30)28(24(31)27-25)17-22(29)26-21-15-13-19(14-16-21)18-9-5-3-6-10-18/h3-16H,2,17H2,1H3,(H,26,29)(H,27,31). The zero-order valence-electron chi connectivity index (χ0n) is 17.2. The van der Waals surface area contributed by atoms with Crippen molar-refractivity contribution in [3.8, 4) is 11.1 Å². The van der Waals surface area contributed by atoms with Crippen molar-refractivity contribution in [3.63, 3.8) is 0 Å². The zero-order chi connectivity index (χ0) is 21.8. The Morgan fingerprint density at radius 1 is 0.871 bits per heavy atom. The molecule has 0 saturated carbocycles. The predicted octanol–water partition coefficient (Wildman–Crippen LogP) is 4.15. The van der Waals surface area contributed by atoms with Crippen LogP contribution in [-0.2, 0) is 15.1 Å². The lowest BCUT2D eigenvalue weighted by Crippen LogP contribution is -2.44. The molecular formula is C25H23N3O3. The van der Waals surface area contributed by atoms with Gasteiger partial charge < -0.3 is 10.6 Å². The molecule has 1 aliphatic rings. The molecule has 1 fully saturated rings. The molecule has 0 radical (unpaired) electrons. The van der Waals surface area contributed by atoms with Gasteiger partial charge in [0.1, 0.15) is 12.1 Å². The first kappa shape index (κ1) is 20.3. The van der Waals surface area contributed by atoms with Crippen LogP contribution in [-0.4, -0.2) is 29.3 Å². The topological polar surface area (TPSA) is 78.5 Å². The highest BCUT2D eigenvalue weighted by molar-refractivity contribution is 6.10. The fourth-order valence-corrected chi connectivity index (χ4v) is 3.85. The molecule has 1 unspecified atom stereocenters. The second-order valence-corrected chi connectivity index (χ2v) is 7.44. The summed E-state index contributed by atoms with van der Waals surface area (Å²) in [4.78, 5) is 39.2. The van der Waals surface area contributed by atoms with E-state index in [1.165, 1.54) is 0 Å². The van der Waals surface area contributed by atoms with Crippen molar-refractivity contribution in [2.45, 2.75) is 18.9 Å². The van der Waals surface area contributed by atoms with Crippen LogP contribution in [0.15, 0.2) is 84.9 Å². The Labute approximate surface area is 180 Å². The van der Waals surface area contributed by atoms with Crippen LogP contribution in [0, 0.1) is 0 Å². The molecule has 1 atom stereocenters. The molecule has 31 heavy (non-hydrogen) atoms. The maximum Gasteiger partial charge on any atom is 0.325 e. The largest absolute Gasteiger partial charge is 0.325 e. The Morgan fingerprint density at radius 3 is 2.06 bits per heavy atom. The minimum atomic E-state index is -1.14. The molecule has 0 aliphatic carbocycles. The van der Waals surface area contributed by atoms with E-state index in [0.717, 1.165) is 16.0 Å². The molecule has 0 bridgehead atoms. The second-order valence-electron chi connectivity index (χ2n) is 7.44. The maximum atomic E-state index is 13.1. The van der Waals surface area contributed by atoms with E-state index in [9.17, 15) is 14.4 Å². The van der Waals surface area contributed by atoms with E-state index in [4.69, 9.17) is 0 Å². The van der Waals surface area contributed by atoms with Gasteiger partial charge in [0.05, 0.1) is 0 Å². The lowest BCUT2D eigenvalue weighted by molar-refractivity contribution is -0.134.